The zero-order valence-electron chi connectivity index (χ0n) is 10.6. The van der Waals surface area contributed by atoms with Crippen LogP contribution in [0.5, 0.6) is 0 Å². The Morgan fingerprint density at radius 3 is 2.48 bits per heavy atom. The molecular formula is C12H10FN3O4S. The quantitative estimate of drug-likeness (QED) is 0.667. The van der Waals surface area contributed by atoms with Crippen LogP contribution < -0.4 is 4.72 Å². The molecule has 110 valence electrons. The third-order valence-electron chi connectivity index (χ3n) is 2.59. The molecule has 0 aliphatic carbocycles. The summed E-state index contributed by atoms with van der Waals surface area (Å²) in [7, 11) is -4.09. The summed E-state index contributed by atoms with van der Waals surface area (Å²) in [5.41, 5.74) is 0.401. The van der Waals surface area contributed by atoms with Crippen molar-refractivity contribution in [2.75, 3.05) is 0 Å². The Morgan fingerprint density at radius 2 is 1.90 bits per heavy atom. The van der Waals surface area contributed by atoms with Gasteiger partial charge in [-0.2, -0.15) is 0 Å². The molecular weight excluding hydrogens is 301 g/mol. The van der Waals surface area contributed by atoms with Gasteiger partial charge in [-0.3, -0.25) is 10.1 Å². The zero-order valence-corrected chi connectivity index (χ0v) is 11.4. The van der Waals surface area contributed by atoms with Crippen LogP contribution in [-0.2, 0) is 16.6 Å². The molecule has 0 atom stereocenters. The van der Waals surface area contributed by atoms with Crippen LogP contribution in [0, 0.1) is 15.9 Å². The van der Waals surface area contributed by atoms with Crippen LogP contribution in [-0.4, -0.2) is 18.3 Å². The van der Waals surface area contributed by atoms with E-state index in [-0.39, 0.29) is 12.2 Å². The van der Waals surface area contributed by atoms with Gasteiger partial charge < -0.3 is 0 Å². The minimum absolute atomic E-state index is 0.0997. The number of nitrogens with one attached hydrogen (secondary N) is 1. The molecule has 0 bridgehead atoms. The molecule has 0 fully saturated rings. The molecule has 2 rings (SSSR count). The van der Waals surface area contributed by atoms with Crippen molar-refractivity contribution in [2.45, 2.75) is 11.6 Å². The number of nitrogens with zero attached hydrogens (tertiary/aromatic N) is 2. The van der Waals surface area contributed by atoms with Crippen molar-refractivity contribution in [1.29, 1.82) is 0 Å². The monoisotopic (exact) mass is 311 g/mol. The number of pyridine rings is 1. The molecule has 9 heteroatoms. The zero-order chi connectivity index (χ0) is 15.5. The molecule has 0 amide bonds. The Balaban J connectivity index is 2.12. The molecule has 0 spiro atoms. The molecule has 21 heavy (non-hydrogen) atoms. The molecule has 7 nitrogen and oxygen atoms in total. The second-order valence-electron chi connectivity index (χ2n) is 4.04. The third-order valence-corrected chi connectivity index (χ3v) is 3.93. The molecule has 1 aromatic heterocycles. The summed E-state index contributed by atoms with van der Waals surface area (Å²) in [6.45, 7) is -0.129. The minimum Gasteiger partial charge on any atom is -0.258 e. The fraction of sp³-hybridized carbons (Fsp3) is 0.0833. The van der Waals surface area contributed by atoms with Crippen LogP contribution in [0.4, 0.5) is 10.1 Å². The first-order valence-corrected chi connectivity index (χ1v) is 7.22. The number of halogens is 1. The second-order valence-corrected chi connectivity index (χ2v) is 5.72. The molecule has 1 N–H and O–H groups in total. The molecule has 0 radical (unpaired) electrons. The van der Waals surface area contributed by atoms with Gasteiger partial charge in [0.15, 0.2) is 5.82 Å². The van der Waals surface area contributed by atoms with Gasteiger partial charge in [0, 0.05) is 24.9 Å². The van der Waals surface area contributed by atoms with Gasteiger partial charge in [0.2, 0.25) is 5.03 Å². The summed E-state index contributed by atoms with van der Waals surface area (Å²) in [6.07, 6.45) is 1.17. The predicted molar refractivity (Wildman–Crippen MR) is 71.3 cm³/mol. The summed E-state index contributed by atoms with van der Waals surface area (Å²) < 4.78 is 39.3. The van der Waals surface area contributed by atoms with Gasteiger partial charge in [-0.05, 0) is 17.7 Å². The lowest BCUT2D eigenvalue weighted by Gasteiger charge is -2.06. The van der Waals surface area contributed by atoms with Crippen molar-refractivity contribution in [3.05, 3.63) is 64.1 Å². The van der Waals surface area contributed by atoms with E-state index in [0.717, 1.165) is 6.07 Å². The van der Waals surface area contributed by atoms with Crippen LogP contribution >= 0.6 is 0 Å². The SMILES string of the molecule is O=[N+]([O-])c1ccc(CNS(=O)(=O)c2ncccc2F)cc1. The average Bonchev–Trinajstić information content (AvgIpc) is 2.46. The molecule has 0 saturated carbocycles. The van der Waals surface area contributed by atoms with E-state index in [1.54, 1.807) is 0 Å². The van der Waals surface area contributed by atoms with Crippen LogP contribution in [0.25, 0.3) is 0 Å². The average molecular weight is 311 g/mol. The van der Waals surface area contributed by atoms with Gasteiger partial charge >= 0.3 is 0 Å². The van der Waals surface area contributed by atoms with E-state index in [4.69, 9.17) is 0 Å². The van der Waals surface area contributed by atoms with E-state index < -0.39 is 25.8 Å². The van der Waals surface area contributed by atoms with Gasteiger partial charge in [-0.1, -0.05) is 12.1 Å². The van der Waals surface area contributed by atoms with Crippen molar-refractivity contribution >= 4 is 15.7 Å². The number of rotatable bonds is 5. The Bertz CT molecular complexity index is 762. The van der Waals surface area contributed by atoms with Crippen LogP contribution in [0.15, 0.2) is 47.6 Å². The number of benzene rings is 1. The maximum Gasteiger partial charge on any atom is 0.269 e. The van der Waals surface area contributed by atoms with E-state index in [2.05, 4.69) is 9.71 Å². The van der Waals surface area contributed by atoms with Gasteiger partial charge in [0.25, 0.3) is 15.7 Å². The number of hydrogen-bond donors (Lipinski definition) is 1. The highest BCUT2D eigenvalue weighted by molar-refractivity contribution is 7.89. The largest absolute Gasteiger partial charge is 0.269 e. The first-order valence-electron chi connectivity index (χ1n) is 5.73. The number of aromatic nitrogens is 1. The summed E-state index contributed by atoms with van der Waals surface area (Å²) in [5, 5.41) is 9.81. The van der Waals surface area contributed by atoms with E-state index in [0.29, 0.717) is 5.56 Å². The van der Waals surface area contributed by atoms with E-state index >= 15 is 0 Å². The topological polar surface area (TPSA) is 102 Å². The van der Waals surface area contributed by atoms with Crippen molar-refractivity contribution in [1.82, 2.24) is 9.71 Å². The maximum absolute atomic E-state index is 13.4. The first kappa shape index (κ1) is 15.0. The third kappa shape index (κ3) is 3.58. The lowest BCUT2D eigenvalue weighted by atomic mass is 10.2. The molecule has 1 aromatic carbocycles. The highest BCUT2D eigenvalue weighted by atomic mass is 32.2. The highest BCUT2D eigenvalue weighted by Gasteiger charge is 2.20. The van der Waals surface area contributed by atoms with Crippen molar-refractivity contribution < 1.29 is 17.7 Å². The number of nitro benzene ring substituents is 1. The van der Waals surface area contributed by atoms with Crippen LogP contribution in [0.3, 0.4) is 0 Å². The summed E-state index contributed by atoms with van der Waals surface area (Å²) >= 11 is 0. The molecule has 1 heterocycles. The van der Waals surface area contributed by atoms with Crippen molar-refractivity contribution in [3.8, 4) is 0 Å². The molecule has 0 saturated heterocycles. The predicted octanol–water partition coefficient (Wildman–Crippen LogP) is 1.61. The fourth-order valence-electron chi connectivity index (χ4n) is 1.55. The van der Waals surface area contributed by atoms with Crippen LogP contribution in [0.1, 0.15) is 5.56 Å². The summed E-state index contributed by atoms with van der Waals surface area (Å²) in [5.74, 6) is -0.950. The van der Waals surface area contributed by atoms with Gasteiger partial charge in [-0.25, -0.2) is 22.5 Å². The fourth-order valence-corrected chi connectivity index (χ4v) is 2.57. The van der Waals surface area contributed by atoms with E-state index in [1.165, 1.54) is 36.5 Å². The number of hydrogen-bond acceptors (Lipinski definition) is 5. The molecule has 2 aromatic rings. The van der Waals surface area contributed by atoms with Crippen molar-refractivity contribution in [3.63, 3.8) is 0 Å². The summed E-state index contributed by atoms with van der Waals surface area (Å²) in [4.78, 5) is 13.4. The lowest BCUT2D eigenvalue weighted by molar-refractivity contribution is -0.384. The van der Waals surface area contributed by atoms with Gasteiger partial charge in [0.05, 0.1) is 4.92 Å². The van der Waals surface area contributed by atoms with Crippen molar-refractivity contribution in [2.24, 2.45) is 0 Å². The van der Waals surface area contributed by atoms with Gasteiger partial charge in [-0.15, -0.1) is 0 Å². The number of sulfonamides is 1. The molecule has 0 aliphatic heterocycles. The Kier molecular flexibility index (Phi) is 4.24. The molecule has 0 aliphatic rings. The number of non-ortho nitro benzene ring substituents is 1. The van der Waals surface area contributed by atoms with E-state index in [9.17, 15) is 22.9 Å². The number of nitro groups is 1. The first-order chi connectivity index (χ1) is 9.90. The minimum atomic E-state index is -4.09. The normalized spacial score (nSPS) is 11.3. The van der Waals surface area contributed by atoms with E-state index in [1.807, 2.05) is 0 Å². The highest BCUT2D eigenvalue weighted by Crippen LogP contribution is 2.13. The summed E-state index contributed by atoms with van der Waals surface area (Å²) in [6, 6.07) is 7.61. The molecule has 0 unspecified atom stereocenters. The Morgan fingerprint density at radius 1 is 1.24 bits per heavy atom. The second kappa shape index (κ2) is 5.94. The smallest absolute Gasteiger partial charge is 0.258 e. The standard InChI is InChI=1S/C12H10FN3O4S/c13-11-2-1-7-14-12(11)21(19,20)15-8-9-3-5-10(6-4-9)16(17)18/h1-7,15H,8H2. The maximum atomic E-state index is 13.4. The Hall–Kier alpha value is -2.39. The van der Waals surface area contributed by atoms with Crippen LogP contribution in [0.2, 0.25) is 0 Å². The lowest BCUT2D eigenvalue weighted by Crippen LogP contribution is -2.25. The Labute approximate surface area is 119 Å². The van der Waals surface area contributed by atoms with Gasteiger partial charge in [0.1, 0.15) is 0 Å².